The van der Waals surface area contributed by atoms with Crippen molar-refractivity contribution in [3.8, 4) is 5.75 Å². The maximum absolute atomic E-state index is 13.6. The molecule has 0 radical (unpaired) electrons. The third-order valence-electron chi connectivity index (χ3n) is 3.62. The van der Waals surface area contributed by atoms with E-state index in [1.54, 1.807) is 12.1 Å². The Balaban J connectivity index is 2.05. The predicted octanol–water partition coefficient (Wildman–Crippen LogP) is 2.15. The summed E-state index contributed by atoms with van der Waals surface area (Å²) in [7, 11) is 1.48. The van der Waals surface area contributed by atoms with Gasteiger partial charge in [0, 0.05) is 19.1 Å². The molecule has 2 N–H and O–H groups in total. The molecule has 0 aliphatic carbocycles. The monoisotopic (exact) mass is 252 g/mol. The first kappa shape index (κ1) is 13.3. The second-order valence-electron chi connectivity index (χ2n) is 4.82. The quantitative estimate of drug-likeness (QED) is 0.892. The molecular formula is C14H21FN2O. The maximum atomic E-state index is 13.6. The Kier molecular flexibility index (Phi) is 4.55. The zero-order valence-corrected chi connectivity index (χ0v) is 10.9. The van der Waals surface area contributed by atoms with Crippen molar-refractivity contribution in [1.82, 2.24) is 4.90 Å². The average Bonchev–Trinajstić information content (AvgIpc) is 2.39. The Morgan fingerprint density at radius 3 is 2.94 bits per heavy atom. The van der Waals surface area contributed by atoms with E-state index in [1.165, 1.54) is 20.0 Å². The van der Waals surface area contributed by atoms with Crippen LogP contribution in [0, 0.1) is 5.82 Å². The van der Waals surface area contributed by atoms with Crippen LogP contribution < -0.4 is 10.5 Å². The fraction of sp³-hybridized carbons (Fsp3) is 0.571. The second-order valence-corrected chi connectivity index (χ2v) is 4.82. The highest BCUT2D eigenvalue weighted by molar-refractivity contribution is 5.29. The van der Waals surface area contributed by atoms with Gasteiger partial charge in [-0.05, 0) is 37.1 Å². The van der Waals surface area contributed by atoms with Crippen LogP contribution >= 0.6 is 0 Å². The van der Waals surface area contributed by atoms with Crippen molar-refractivity contribution in [3.05, 3.63) is 29.6 Å². The maximum Gasteiger partial charge on any atom is 0.165 e. The molecule has 1 aliphatic heterocycles. The van der Waals surface area contributed by atoms with Gasteiger partial charge in [0.2, 0.25) is 0 Å². The number of rotatable bonds is 4. The topological polar surface area (TPSA) is 38.5 Å². The van der Waals surface area contributed by atoms with Crippen LogP contribution in [-0.2, 0) is 6.54 Å². The third kappa shape index (κ3) is 3.00. The van der Waals surface area contributed by atoms with Gasteiger partial charge in [-0.3, -0.25) is 4.90 Å². The highest BCUT2D eigenvalue weighted by Crippen LogP contribution is 2.22. The molecule has 1 aromatic carbocycles. The van der Waals surface area contributed by atoms with Gasteiger partial charge in [0.15, 0.2) is 11.6 Å². The lowest BCUT2D eigenvalue weighted by molar-refractivity contribution is 0.144. The molecule has 0 aromatic heterocycles. The van der Waals surface area contributed by atoms with Crippen molar-refractivity contribution in [2.24, 2.45) is 5.73 Å². The summed E-state index contributed by atoms with van der Waals surface area (Å²) >= 11 is 0. The number of halogens is 1. The number of piperidine rings is 1. The number of nitrogens with zero attached hydrogens (tertiary/aromatic N) is 1. The molecule has 100 valence electrons. The molecule has 3 nitrogen and oxygen atoms in total. The van der Waals surface area contributed by atoms with Crippen molar-refractivity contribution in [1.29, 1.82) is 0 Å². The normalized spacial score (nSPS) is 20.9. The number of hydrogen-bond acceptors (Lipinski definition) is 3. The van der Waals surface area contributed by atoms with Crippen LogP contribution in [0.3, 0.4) is 0 Å². The van der Waals surface area contributed by atoms with Crippen molar-refractivity contribution in [2.45, 2.75) is 31.8 Å². The van der Waals surface area contributed by atoms with Gasteiger partial charge < -0.3 is 10.5 Å². The molecule has 1 aliphatic rings. The van der Waals surface area contributed by atoms with E-state index in [4.69, 9.17) is 10.5 Å². The molecule has 2 rings (SSSR count). The summed E-state index contributed by atoms with van der Waals surface area (Å²) in [5.41, 5.74) is 6.77. The van der Waals surface area contributed by atoms with Gasteiger partial charge in [0.05, 0.1) is 7.11 Å². The first-order valence-electron chi connectivity index (χ1n) is 6.51. The lowest BCUT2D eigenvalue weighted by atomic mass is 10.0. The fourth-order valence-corrected chi connectivity index (χ4v) is 2.58. The molecule has 1 atom stereocenters. The Bertz CT molecular complexity index is 397. The molecule has 1 unspecified atom stereocenters. The Hall–Kier alpha value is -1.13. The van der Waals surface area contributed by atoms with E-state index in [0.717, 1.165) is 25.1 Å². The molecule has 1 fully saturated rings. The number of nitrogens with two attached hydrogens (primary N) is 1. The van der Waals surface area contributed by atoms with Crippen molar-refractivity contribution in [3.63, 3.8) is 0 Å². The van der Waals surface area contributed by atoms with Crippen LogP contribution in [0.5, 0.6) is 5.75 Å². The van der Waals surface area contributed by atoms with Gasteiger partial charge in [0.25, 0.3) is 0 Å². The summed E-state index contributed by atoms with van der Waals surface area (Å²) in [5.74, 6) is 0.00377. The van der Waals surface area contributed by atoms with E-state index >= 15 is 0 Å². The lowest BCUT2D eigenvalue weighted by Gasteiger charge is -2.35. The minimum atomic E-state index is -0.295. The zero-order valence-electron chi connectivity index (χ0n) is 10.9. The summed E-state index contributed by atoms with van der Waals surface area (Å²) < 4.78 is 18.5. The summed E-state index contributed by atoms with van der Waals surface area (Å²) in [4.78, 5) is 2.35. The number of likely N-dealkylation sites (tertiary alicyclic amines) is 1. The highest BCUT2D eigenvalue weighted by Gasteiger charge is 2.21. The van der Waals surface area contributed by atoms with Crippen LogP contribution in [0.25, 0.3) is 0 Å². The van der Waals surface area contributed by atoms with Gasteiger partial charge in [-0.1, -0.05) is 12.5 Å². The lowest BCUT2D eigenvalue weighted by Crippen LogP contribution is -2.43. The minimum Gasteiger partial charge on any atom is -0.494 e. The first-order valence-corrected chi connectivity index (χ1v) is 6.51. The van der Waals surface area contributed by atoms with Gasteiger partial charge in [-0.25, -0.2) is 4.39 Å². The Morgan fingerprint density at radius 1 is 1.44 bits per heavy atom. The van der Waals surface area contributed by atoms with Gasteiger partial charge in [0.1, 0.15) is 0 Å². The van der Waals surface area contributed by atoms with Crippen molar-refractivity contribution in [2.75, 3.05) is 20.2 Å². The number of hydrogen-bond donors (Lipinski definition) is 1. The summed E-state index contributed by atoms with van der Waals surface area (Å²) in [6.07, 6.45) is 3.60. The molecule has 0 spiro atoms. The van der Waals surface area contributed by atoms with Crippen LogP contribution in [0.4, 0.5) is 4.39 Å². The molecule has 18 heavy (non-hydrogen) atoms. The van der Waals surface area contributed by atoms with Gasteiger partial charge in [-0.2, -0.15) is 0 Å². The molecule has 1 saturated heterocycles. The van der Waals surface area contributed by atoms with Crippen LogP contribution in [0.2, 0.25) is 0 Å². The van der Waals surface area contributed by atoms with Gasteiger partial charge in [-0.15, -0.1) is 0 Å². The average molecular weight is 252 g/mol. The highest BCUT2D eigenvalue weighted by atomic mass is 19.1. The zero-order chi connectivity index (χ0) is 13.0. The largest absolute Gasteiger partial charge is 0.494 e. The standard InChI is InChI=1S/C14H21FN2O/c1-18-14-6-5-11(8-13(14)15)10-17-7-3-2-4-12(17)9-16/h5-6,8,12H,2-4,7,9-10,16H2,1H3. The molecule has 0 bridgehead atoms. The molecule has 0 saturated carbocycles. The van der Waals surface area contributed by atoms with E-state index in [0.29, 0.717) is 18.3 Å². The van der Waals surface area contributed by atoms with Crippen molar-refractivity contribution >= 4 is 0 Å². The summed E-state index contributed by atoms with van der Waals surface area (Å²) in [5, 5.41) is 0. The molecule has 1 aromatic rings. The molecule has 4 heteroatoms. The van der Waals surface area contributed by atoms with Crippen LogP contribution in [0.15, 0.2) is 18.2 Å². The van der Waals surface area contributed by atoms with Crippen molar-refractivity contribution < 1.29 is 9.13 Å². The SMILES string of the molecule is COc1ccc(CN2CCCCC2CN)cc1F. The third-order valence-corrected chi connectivity index (χ3v) is 3.62. The molecule has 1 heterocycles. The second kappa shape index (κ2) is 6.16. The van der Waals surface area contributed by atoms with E-state index in [9.17, 15) is 4.39 Å². The first-order chi connectivity index (χ1) is 8.74. The van der Waals surface area contributed by atoms with E-state index in [2.05, 4.69) is 4.90 Å². The number of methoxy groups -OCH3 is 1. The van der Waals surface area contributed by atoms with E-state index in [-0.39, 0.29) is 5.82 Å². The van der Waals surface area contributed by atoms with E-state index in [1.807, 2.05) is 6.07 Å². The predicted molar refractivity (Wildman–Crippen MR) is 70.1 cm³/mol. The fourth-order valence-electron chi connectivity index (χ4n) is 2.58. The molecular weight excluding hydrogens is 231 g/mol. The van der Waals surface area contributed by atoms with Gasteiger partial charge >= 0.3 is 0 Å². The van der Waals surface area contributed by atoms with Crippen LogP contribution in [-0.4, -0.2) is 31.1 Å². The summed E-state index contributed by atoms with van der Waals surface area (Å²) in [6, 6.07) is 5.60. The minimum absolute atomic E-state index is 0.295. The number of ether oxygens (including phenoxy) is 1. The smallest absolute Gasteiger partial charge is 0.165 e. The number of benzene rings is 1. The molecule has 0 amide bonds. The Morgan fingerprint density at radius 2 is 2.28 bits per heavy atom. The van der Waals surface area contributed by atoms with Crippen LogP contribution in [0.1, 0.15) is 24.8 Å². The Labute approximate surface area is 108 Å². The van der Waals surface area contributed by atoms with E-state index < -0.39 is 0 Å². The summed E-state index contributed by atoms with van der Waals surface area (Å²) in [6.45, 7) is 2.50.